The number of urea groups is 1. The van der Waals surface area contributed by atoms with Gasteiger partial charge in [-0.25, -0.2) is 9.78 Å². The molecule has 0 spiro atoms. The van der Waals surface area contributed by atoms with Gasteiger partial charge >= 0.3 is 12.0 Å². The van der Waals surface area contributed by atoms with Gasteiger partial charge in [0.15, 0.2) is 6.10 Å². The summed E-state index contributed by atoms with van der Waals surface area (Å²) in [4.78, 5) is 71.2. The number of ether oxygens (including phenoxy) is 1. The molecule has 5 amide bonds. The van der Waals surface area contributed by atoms with E-state index < -0.39 is 35.2 Å². The number of benzene rings is 1. The van der Waals surface area contributed by atoms with Crippen molar-refractivity contribution in [3.8, 4) is 0 Å². The van der Waals surface area contributed by atoms with Crippen molar-refractivity contribution < 1.29 is 28.7 Å². The zero-order valence-electron chi connectivity index (χ0n) is 24.5. The number of amides is 5. The quantitative estimate of drug-likeness (QED) is 0.110. The number of hydrogen-bond acceptors (Lipinski definition) is 10. The van der Waals surface area contributed by atoms with E-state index >= 15 is 0 Å². The molecule has 2 saturated heterocycles. The van der Waals surface area contributed by atoms with Gasteiger partial charge in [0.05, 0.1) is 4.47 Å². The molecule has 4 rings (SSSR count). The van der Waals surface area contributed by atoms with E-state index in [0.717, 1.165) is 12.8 Å². The standard InChI is InChI=1S/C28H36BrN9O6/c1-28(2,24(30)41)25(42)32-9-5-8-31-22-19(29)15-33-26(37-22)35-17-12-16(34-23(40)20-6-7-21(39)44-20)13-18(14-17)36-27(43)38-10-3-4-11-38/h12-15,20H,3-11H2,1-2H3,(H2,30,41)(H,32,42)(H,34,40)(H,36,43)(H2,31,33,35,37)/t20-/m0/s1. The largest absolute Gasteiger partial charge is 0.452 e. The number of cyclic esters (lactones) is 1. The summed E-state index contributed by atoms with van der Waals surface area (Å²) in [6, 6.07) is 4.71. The van der Waals surface area contributed by atoms with Gasteiger partial charge in [-0.3, -0.25) is 19.2 Å². The minimum atomic E-state index is -1.30. The van der Waals surface area contributed by atoms with E-state index in [1.807, 2.05) is 0 Å². The second kappa shape index (κ2) is 14.3. The van der Waals surface area contributed by atoms with Crippen LogP contribution >= 0.6 is 15.9 Å². The van der Waals surface area contributed by atoms with E-state index in [1.165, 1.54) is 13.8 Å². The van der Waals surface area contributed by atoms with Crippen LogP contribution in [-0.2, 0) is 23.9 Å². The number of primary amides is 1. The van der Waals surface area contributed by atoms with E-state index in [-0.39, 0.29) is 18.4 Å². The molecule has 0 aliphatic carbocycles. The van der Waals surface area contributed by atoms with Crippen LogP contribution in [0.25, 0.3) is 0 Å². The molecule has 2 aromatic rings. The number of nitrogens with zero attached hydrogens (tertiary/aromatic N) is 3. The first-order valence-corrected chi connectivity index (χ1v) is 15.0. The van der Waals surface area contributed by atoms with Crippen LogP contribution in [0, 0.1) is 5.41 Å². The number of anilines is 5. The molecule has 7 N–H and O–H groups in total. The number of halogens is 1. The summed E-state index contributed by atoms with van der Waals surface area (Å²) in [6.07, 6.45) is 3.57. The second-order valence-corrected chi connectivity index (χ2v) is 11.8. The Morgan fingerprint density at radius 1 is 1.07 bits per heavy atom. The summed E-state index contributed by atoms with van der Waals surface area (Å²) in [5, 5.41) is 14.6. The van der Waals surface area contributed by atoms with Gasteiger partial charge in [0.2, 0.25) is 17.8 Å². The topological polar surface area (TPSA) is 210 Å². The Hall–Kier alpha value is -4.47. The Morgan fingerprint density at radius 2 is 1.75 bits per heavy atom. The SMILES string of the molecule is CC(C)(C(N)=O)C(=O)NCCCNc1nc(Nc2cc(NC(=O)[C@@H]3CCC(=O)O3)cc(NC(=O)N3CCCC3)c2)ncc1Br. The number of aromatic nitrogens is 2. The first-order valence-electron chi connectivity index (χ1n) is 14.3. The maximum atomic E-state index is 12.8. The molecule has 1 atom stereocenters. The number of esters is 1. The Balaban J connectivity index is 1.42. The fourth-order valence-electron chi connectivity index (χ4n) is 4.41. The van der Waals surface area contributed by atoms with E-state index in [1.54, 1.807) is 29.3 Å². The number of nitrogens with two attached hydrogens (primary N) is 1. The molecule has 2 aliphatic heterocycles. The number of likely N-dealkylation sites (tertiary alicyclic amines) is 1. The highest BCUT2D eigenvalue weighted by molar-refractivity contribution is 9.10. The fourth-order valence-corrected chi connectivity index (χ4v) is 4.74. The number of rotatable bonds is 12. The third-order valence-corrected chi connectivity index (χ3v) is 7.72. The second-order valence-electron chi connectivity index (χ2n) is 11.0. The highest BCUT2D eigenvalue weighted by Gasteiger charge is 2.33. The average Bonchev–Trinajstić information content (AvgIpc) is 3.66. The molecule has 16 heteroatoms. The molecule has 0 radical (unpaired) electrons. The summed E-state index contributed by atoms with van der Waals surface area (Å²) >= 11 is 3.42. The summed E-state index contributed by atoms with van der Waals surface area (Å²) in [5.74, 6) is -1.32. The van der Waals surface area contributed by atoms with Gasteiger partial charge in [-0.1, -0.05) is 0 Å². The van der Waals surface area contributed by atoms with Crippen LogP contribution in [0.4, 0.5) is 33.6 Å². The van der Waals surface area contributed by atoms with E-state index in [0.29, 0.717) is 66.4 Å². The van der Waals surface area contributed by atoms with Crippen LogP contribution in [0.2, 0.25) is 0 Å². The molecule has 0 unspecified atom stereocenters. The minimum Gasteiger partial charge on any atom is -0.452 e. The molecule has 0 bridgehead atoms. The van der Waals surface area contributed by atoms with Crippen molar-refractivity contribution >= 4 is 74.5 Å². The van der Waals surface area contributed by atoms with Crippen molar-refractivity contribution in [2.75, 3.05) is 47.4 Å². The fraction of sp³-hybridized carbons (Fsp3) is 0.464. The third-order valence-electron chi connectivity index (χ3n) is 7.14. The van der Waals surface area contributed by atoms with Gasteiger partial charge in [-0.15, -0.1) is 0 Å². The summed E-state index contributed by atoms with van der Waals surface area (Å²) in [6.45, 7) is 5.04. The molecule has 3 heterocycles. The molecular formula is C28H36BrN9O6. The Kier molecular flexibility index (Phi) is 10.6. The van der Waals surface area contributed by atoms with E-state index in [4.69, 9.17) is 10.5 Å². The van der Waals surface area contributed by atoms with Crippen molar-refractivity contribution in [2.24, 2.45) is 11.1 Å². The van der Waals surface area contributed by atoms with E-state index in [2.05, 4.69) is 52.5 Å². The summed E-state index contributed by atoms with van der Waals surface area (Å²) < 4.78 is 5.68. The molecule has 1 aromatic heterocycles. The molecule has 2 aliphatic rings. The van der Waals surface area contributed by atoms with Gasteiger partial charge in [0.1, 0.15) is 11.2 Å². The lowest BCUT2D eigenvalue weighted by Crippen LogP contribution is -2.46. The van der Waals surface area contributed by atoms with Crippen molar-refractivity contribution in [1.29, 1.82) is 0 Å². The Bertz CT molecular complexity index is 1430. The van der Waals surface area contributed by atoms with Crippen molar-refractivity contribution in [3.63, 3.8) is 0 Å². The van der Waals surface area contributed by atoms with Crippen LogP contribution in [0.15, 0.2) is 28.9 Å². The number of carbonyl (C=O) groups excluding carboxylic acids is 5. The normalized spacial score (nSPS) is 16.2. The highest BCUT2D eigenvalue weighted by Crippen LogP contribution is 2.28. The maximum absolute atomic E-state index is 12.8. The molecule has 44 heavy (non-hydrogen) atoms. The van der Waals surface area contributed by atoms with Gasteiger partial charge in [0.25, 0.3) is 5.91 Å². The zero-order chi connectivity index (χ0) is 31.9. The zero-order valence-corrected chi connectivity index (χ0v) is 26.1. The molecule has 0 saturated carbocycles. The monoisotopic (exact) mass is 673 g/mol. The van der Waals surface area contributed by atoms with Crippen molar-refractivity contribution in [1.82, 2.24) is 20.2 Å². The molecule has 1 aromatic carbocycles. The third kappa shape index (κ3) is 8.55. The van der Waals surface area contributed by atoms with Crippen molar-refractivity contribution in [2.45, 2.75) is 52.1 Å². The molecule has 2 fully saturated rings. The molecular weight excluding hydrogens is 638 g/mol. The Morgan fingerprint density at radius 3 is 2.41 bits per heavy atom. The predicted octanol–water partition coefficient (Wildman–Crippen LogP) is 2.68. The van der Waals surface area contributed by atoms with Crippen LogP contribution in [0.3, 0.4) is 0 Å². The van der Waals surface area contributed by atoms with Crippen LogP contribution in [-0.4, -0.2) is 76.9 Å². The lowest BCUT2D eigenvalue weighted by molar-refractivity contribution is -0.146. The lowest BCUT2D eigenvalue weighted by atomic mass is 9.91. The average molecular weight is 675 g/mol. The molecule has 15 nitrogen and oxygen atoms in total. The first-order chi connectivity index (χ1) is 20.9. The maximum Gasteiger partial charge on any atom is 0.321 e. The van der Waals surface area contributed by atoms with Gasteiger partial charge in [-0.05, 0) is 67.2 Å². The minimum absolute atomic E-state index is 0.177. The number of hydrogen-bond donors (Lipinski definition) is 6. The number of carbonyl (C=O) groups is 5. The van der Waals surface area contributed by atoms with Gasteiger partial charge in [0, 0.05) is 62.3 Å². The highest BCUT2D eigenvalue weighted by atomic mass is 79.9. The molecule has 236 valence electrons. The van der Waals surface area contributed by atoms with Gasteiger partial charge < -0.3 is 42.0 Å². The smallest absolute Gasteiger partial charge is 0.321 e. The predicted molar refractivity (Wildman–Crippen MR) is 166 cm³/mol. The summed E-state index contributed by atoms with van der Waals surface area (Å²) in [5.41, 5.74) is 5.27. The number of nitrogens with one attached hydrogen (secondary N) is 5. The van der Waals surface area contributed by atoms with Crippen LogP contribution in [0.5, 0.6) is 0 Å². The van der Waals surface area contributed by atoms with Crippen LogP contribution in [0.1, 0.15) is 46.0 Å². The first kappa shape index (κ1) is 32.4. The van der Waals surface area contributed by atoms with Crippen LogP contribution < -0.4 is 32.3 Å². The van der Waals surface area contributed by atoms with Crippen molar-refractivity contribution in [3.05, 3.63) is 28.9 Å². The Labute approximate surface area is 262 Å². The van der Waals surface area contributed by atoms with E-state index in [9.17, 15) is 24.0 Å². The lowest BCUT2D eigenvalue weighted by Gasteiger charge is -2.19. The van der Waals surface area contributed by atoms with Gasteiger partial charge in [-0.2, -0.15) is 4.98 Å². The summed E-state index contributed by atoms with van der Waals surface area (Å²) in [7, 11) is 0.